The van der Waals surface area contributed by atoms with Gasteiger partial charge in [-0.1, -0.05) is 0 Å². The van der Waals surface area contributed by atoms with Gasteiger partial charge in [-0.05, 0) is 12.2 Å². The molecule has 0 aromatic carbocycles. The van der Waals surface area contributed by atoms with Crippen LogP contribution in [0.4, 0.5) is 0 Å². The third-order valence-electron chi connectivity index (χ3n) is 0.960. The lowest BCUT2D eigenvalue weighted by molar-refractivity contribution is 0.613. The van der Waals surface area contributed by atoms with Gasteiger partial charge in [-0.3, -0.25) is 0 Å². The van der Waals surface area contributed by atoms with Crippen LogP contribution in [0.3, 0.4) is 0 Å². The van der Waals surface area contributed by atoms with E-state index in [1.807, 2.05) is 0 Å². The molecule has 0 aromatic heterocycles. The van der Waals surface area contributed by atoms with Crippen molar-refractivity contribution in [2.75, 3.05) is 17.3 Å². The molecule has 0 bridgehead atoms. The Bertz CT molecular complexity index is 149. The van der Waals surface area contributed by atoms with E-state index in [1.54, 1.807) is 11.8 Å². The van der Waals surface area contributed by atoms with Crippen LogP contribution in [0, 0.1) is 0 Å². The van der Waals surface area contributed by atoms with Gasteiger partial charge in [-0.25, -0.2) is 8.42 Å². The van der Waals surface area contributed by atoms with E-state index < -0.39 is 10.7 Å². The number of hydrogen-bond donors (Lipinski definition) is 3. The average Bonchev–Trinajstić information content (AvgIpc) is 1.97. The standard InChI is InChI=1S/C5H12O2S4/c6-11(7)4-1-5(9)10-3-2-8/h5,8-9,11H,1-4H2. The summed E-state index contributed by atoms with van der Waals surface area (Å²) in [7, 11) is -2.23. The van der Waals surface area contributed by atoms with E-state index in [-0.39, 0.29) is 10.3 Å². The topological polar surface area (TPSA) is 34.1 Å². The van der Waals surface area contributed by atoms with Crippen LogP contribution >= 0.6 is 37.0 Å². The first-order valence-electron chi connectivity index (χ1n) is 3.19. The molecule has 0 spiro atoms. The fourth-order valence-corrected chi connectivity index (χ4v) is 2.76. The third-order valence-corrected chi connectivity index (χ3v) is 3.88. The average molecular weight is 232 g/mol. The minimum atomic E-state index is -2.23. The van der Waals surface area contributed by atoms with Crippen LogP contribution in [0.25, 0.3) is 0 Å². The van der Waals surface area contributed by atoms with Crippen molar-refractivity contribution in [2.45, 2.75) is 11.0 Å². The molecule has 1 atom stereocenters. The zero-order valence-corrected chi connectivity index (χ0v) is 9.47. The molecule has 0 rings (SSSR count). The Morgan fingerprint density at radius 3 is 2.55 bits per heavy atom. The Balaban J connectivity index is 3.29. The molecule has 0 amide bonds. The van der Waals surface area contributed by atoms with Crippen molar-refractivity contribution in [1.29, 1.82) is 0 Å². The van der Waals surface area contributed by atoms with Gasteiger partial charge in [-0.2, -0.15) is 25.3 Å². The molecule has 1 unspecified atom stereocenters. The lowest BCUT2D eigenvalue weighted by Crippen LogP contribution is -1.99. The molecule has 68 valence electrons. The van der Waals surface area contributed by atoms with E-state index in [2.05, 4.69) is 25.3 Å². The Morgan fingerprint density at radius 2 is 2.09 bits per heavy atom. The zero-order chi connectivity index (χ0) is 8.69. The van der Waals surface area contributed by atoms with Crippen LogP contribution in [-0.4, -0.2) is 30.3 Å². The first-order chi connectivity index (χ1) is 5.16. The quantitative estimate of drug-likeness (QED) is 0.470. The Hall–Kier alpha value is 1.000. The summed E-state index contributed by atoms with van der Waals surface area (Å²) in [6.45, 7) is 0. The molecule has 0 radical (unpaired) electrons. The van der Waals surface area contributed by atoms with Gasteiger partial charge in [0.15, 0.2) is 0 Å². The van der Waals surface area contributed by atoms with Crippen LogP contribution in [0.2, 0.25) is 0 Å². The summed E-state index contributed by atoms with van der Waals surface area (Å²) >= 11 is 9.87. The minimum absolute atomic E-state index is 0.134. The summed E-state index contributed by atoms with van der Waals surface area (Å²) in [5, 5.41) is 0. The van der Waals surface area contributed by atoms with E-state index in [4.69, 9.17) is 0 Å². The zero-order valence-electron chi connectivity index (χ0n) is 5.97. The Labute approximate surface area is 84.3 Å². The molecule has 0 heterocycles. The van der Waals surface area contributed by atoms with E-state index in [9.17, 15) is 8.42 Å². The molecule has 0 aliphatic heterocycles. The molecule has 0 aliphatic carbocycles. The maximum atomic E-state index is 10.2. The number of rotatable bonds is 6. The molecular formula is C5H12O2S4. The maximum Gasteiger partial charge on any atom is 0.140 e. The fraction of sp³-hybridized carbons (Fsp3) is 1.00. The van der Waals surface area contributed by atoms with Gasteiger partial charge in [0, 0.05) is 16.1 Å². The van der Waals surface area contributed by atoms with Gasteiger partial charge in [0.2, 0.25) is 0 Å². The highest BCUT2D eigenvalue weighted by Gasteiger charge is 2.02. The second-order valence-electron chi connectivity index (χ2n) is 1.89. The first kappa shape index (κ1) is 12.0. The second kappa shape index (κ2) is 7.64. The lowest BCUT2D eigenvalue weighted by atomic mass is 10.6. The monoisotopic (exact) mass is 232 g/mol. The normalized spacial score (nSPS) is 13.7. The molecule has 6 heteroatoms. The molecule has 0 saturated heterocycles. The van der Waals surface area contributed by atoms with Gasteiger partial charge in [0.25, 0.3) is 0 Å². The maximum absolute atomic E-state index is 10.2. The van der Waals surface area contributed by atoms with Gasteiger partial charge in [-0.15, -0.1) is 11.8 Å². The highest BCUT2D eigenvalue weighted by molar-refractivity contribution is 8.10. The number of hydrogen-bond acceptors (Lipinski definition) is 5. The first-order valence-corrected chi connectivity index (χ1v) is 6.75. The van der Waals surface area contributed by atoms with E-state index >= 15 is 0 Å². The van der Waals surface area contributed by atoms with Gasteiger partial charge in [0.05, 0.1) is 0 Å². The molecule has 11 heavy (non-hydrogen) atoms. The van der Waals surface area contributed by atoms with Gasteiger partial charge in [0.1, 0.15) is 10.7 Å². The van der Waals surface area contributed by atoms with Gasteiger partial charge < -0.3 is 0 Å². The molecule has 0 saturated carbocycles. The molecule has 2 nitrogen and oxygen atoms in total. The van der Waals surface area contributed by atoms with Crippen molar-refractivity contribution in [3.05, 3.63) is 0 Å². The highest BCUT2D eigenvalue weighted by Crippen LogP contribution is 2.17. The summed E-state index contributed by atoms with van der Waals surface area (Å²) in [5.74, 6) is 1.97. The van der Waals surface area contributed by atoms with Crippen molar-refractivity contribution < 1.29 is 8.42 Å². The summed E-state index contributed by atoms with van der Waals surface area (Å²) in [6.07, 6.45) is 0.625. The Morgan fingerprint density at radius 1 is 1.45 bits per heavy atom. The van der Waals surface area contributed by atoms with E-state index in [0.717, 1.165) is 11.5 Å². The fourth-order valence-electron chi connectivity index (χ4n) is 0.488. The lowest BCUT2D eigenvalue weighted by Gasteiger charge is -2.05. The predicted molar refractivity (Wildman–Crippen MR) is 58.9 cm³/mol. The van der Waals surface area contributed by atoms with Crippen molar-refractivity contribution in [3.63, 3.8) is 0 Å². The third kappa shape index (κ3) is 8.91. The molecule has 0 aromatic rings. The largest absolute Gasteiger partial charge is 0.232 e. The van der Waals surface area contributed by atoms with E-state index in [1.165, 1.54) is 0 Å². The highest BCUT2D eigenvalue weighted by atomic mass is 32.2. The van der Waals surface area contributed by atoms with Crippen molar-refractivity contribution in [2.24, 2.45) is 0 Å². The smallest absolute Gasteiger partial charge is 0.140 e. The van der Waals surface area contributed by atoms with Crippen LogP contribution in [0.1, 0.15) is 6.42 Å². The molecule has 0 aliphatic rings. The van der Waals surface area contributed by atoms with Crippen LogP contribution < -0.4 is 0 Å². The summed E-state index contributed by atoms with van der Waals surface area (Å²) < 4.78 is 20.4. The van der Waals surface area contributed by atoms with Crippen LogP contribution in [0.5, 0.6) is 0 Å². The van der Waals surface area contributed by atoms with Gasteiger partial charge >= 0.3 is 0 Å². The molecular weight excluding hydrogens is 220 g/mol. The molecule has 0 fully saturated rings. The van der Waals surface area contributed by atoms with Crippen molar-refractivity contribution >= 4 is 47.7 Å². The van der Waals surface area contributed by atoms with E-state index in [0.29, 0.717) is 6.42 Å². The summed E-state index contributed by atoms with van der Waals surface area (Å²) in [5.41, 5.74) is 0. The minimum Gasteiger partial charge on any atom is -0.232 e. The summed E-state index contributed by atoms with van der Waals surface area (Å²) in [4.78, 5) is 0. The summed E-state index contributed by atoms with van der Waals surface area (Å²) in [6, 6.07) is 0. The molecule has 0 N–H and O–H groups in total. The second-order valence-corrected chi connectivity index (χ2v) is 5.74. The number of thioether (sulfide) groups is 1. The Kier molecular flexibility index (Phi) is 8.33. The van der Waals surface area contributed by atoms with Crippen LogP contribution in [0.15, 0.2) is 0 Å². The van der Waals surface area contributed by atoms with Crippen LogP contribution in [-0.2, 0) is 10.7 Å². The predicted octanol–water partition coefficient (Wildman–Crippen LogP) is 0.907. The number of thiol groups is 3. The van der Waals surface area contributed by atoms with Crippen molar-refractivity contribution in [1.82, 2.24) is 0 Å². The van der Waals surface area contributed by atoms with Crippen molar-refractivity contribution in [3.8, 4) is 0 Å². The SMILES string of the molecule is O=[SH](=O)CCC(S)SCCS.